The van der Waals surface area contributed by atoms with E-state index in [-0.39, 0.29) is 35.0 Å². The third-order valence-electron chi connectivity index (χ3n) is 4.84. The van der Waals surface area contributed by atoms with Crippen LogP contribution in [0.4, 0.5) is 14.9 Å². The van der Waals surface area contributed by atoms with E-state index in [0.29, 0.717) is 12.2 Å². The van der Waals surface area contributed by atoms with Crippen LogP contribution in [0.5, 0.6) is 0 Å². The third-order valence-corrected chi connectivity index (χ3v) is 5.87. The molecule has 2 aliphatic heterocycles. The molecule has 0 spiro atoms. The number of hydrogen-bond acceptors (Lipinski definition) is 7. The van der Waals surface area contributed by atoms with Crippen LogP contribution in [0.25, 0.3) is 0 Å². The van der Waals surface area contributed by atoms with E-state index in [1.807, 2.05) is 6.92 Å². The monoisotopic (exact) mass is 425 g/mol. The van der Waals surface area contributed by atoms with Crippen LogP contribution in [-0.4, -0.2) is 40.2 Å². The number of halogens is 1. The van der Waals surface area contributed by atoms with E-state index in [1.165, 1.54) is 17.8 Å². The number of aliphatic imine (C=N–C) groups is 1. The molecule has 158 valence electrons. The fourth-order valence-corrected chi connectivity index (χ4v) is 4.70. The zero-order valence-corrected chi connectivity index (χ0v) is 17.5. The van der Waals surface area contributed by atoms with Crippen molar-refractivity contribution in [3.8, 4) is 0 Å². The van der Waals surface area contributed by atoms with Crippen LogP contribution in [0.3, 0.4) is 0 Å². The van der Waals surface area contributed by atoms with Crippen molar-refractivity contribution in [1.82, 2.24) is 5.32 Å². The maximum atomic E-state index is 14.8. The number of amides is 1. The largest absolute Gasteiger partial charge is 0.444 e. The van der Waals surface area contributed by atoms with Crippen LogP contribution in [-0.2, 0) is 15.0 Å². The Bertz CT molecular complexity index is 857. The lowest BCUT2D eigenvalue weighted by atomic mass is 9.75. The second-order valence-corrected chi connectivity index (χ2v) is 9.26. The first-order valence-electron chi connectivity index (χ1n) is 9.29. The molecule has 10 heteroatoms. The number of rotatable bonds is 2. The molecule has 3 rings (SSSR count). The number of benzene rings is 1. The smallest absolute Gasteiger partial charge is 0.413 e. The van der Waals surface area contributed by atoms with Gasteiger partial charge in [0.05, 0.1) is 17.6 Å². The molecular formula is C19H24FN3O5S. The van der Waals surface area contributed by atoms with Gasteiger partial charge in [0.15, 0.2) is 5.17 Å². The number of nitrogens with zero attached hydrogens (tertiary/aromatic N) is 2. The lowest BCUT2D eigenvalue weighted by molar-refractivity contribution is -0.385. The van der Waals surface area contributed by atoms with Gasteiger partial charge in [-0.05, 0) is 40.2 Å². The Morgan fingerprint density at radius 2 is 2.21 bits per heavy atom. The molecule has 1 aromatic rings. The molecule has 0 bridgehead atoms. The van der Waals surface area contributed by atoms with Gasteiger partial charge in [0.2, 0.25) is 0 Å². The van der Waals surface area contributed by atoms with E-state index in [0.717, 1.165) is 12.1 Å². The predicted molar refractivity (Wildman–Crippen MR) is 108 cm³/mol. The summed E-state index contributed by atoms with van der Waals surface area (Å²) >= 11 is 1.34. The SMILES string of the molecule is C[C@H]1CC2CSC(NC(=O)OC(C)(C)C)=NC2(c2cc([N+](=O)[O-])ccc2F)CO1. The van der Waals surface area contributed by atoms with Crippen molar-refractivity contribution in [1.29, 1.82) is 0 Å². The number of ether oxygens (including phenoxy) is 2. The van der Waals surface area contributed by atoms with Crippen LogP contribution in [0, 0.1) is 21.8 Å². The molecule has 1 amide bonds. The van der Waals surface area contributed by atoms with Gasteiger partial charge in [0, 0.05) is 29.4 Å². The summed E-state index contributed by atoms with van der Waals surface area (Å²) < 4.78 is 25.9. The zero-order chi connectivity index (χ0) is 21.4. The summed E-state index contributed by atoms with van der Waals surface area (Å²) in [4.78, 5) is 27.5. The van der Waals surface area contributed by atoms with Gasteiger partial charge in [-0.2, -0.15) is 0 Å². The maximum Gasteiger partial charge on any atom is 0.413 e. The molecule has 0 radical (unpaired) electrons. The minimum absolute atomic E-state index is 0.0361. The number of amidine groups is 1. The molecular weight excluding hydrogens is 401 g/mol. The minimum Gasteiger partial charge on any atom is -0.444 e. The van der Waals surface area contributed by atoms with E-state index in [1.54, 1.807) is 20.8 Å². The molecule has 1 N–H and O–H groups in total. The highest BCUT2D eigenvalue weighted by Gasteiger charge is 2.49. The highest BCUT2D eigenvalue weighted by Crippen LogP contribution is 2.47. The van der Waals surface area contributed by atoms with Gasteiger partial charge in [0.25, 0.3) is 5.69 Å². The van der Waals surface area contributed by atoms with Crippen LogP contribution in [0.1, 0.15) is 39.7 Å². The van der Waals surface area contributed by atoms with E-state index in [2.05, 4.69) is 10.3 Å². The fraction of sp³-hybridized carbons (Fsp3) is 0.579. The van der Waals surface area contributed by atoms with Crippen molar-refractivity contribution < 1.29 is 23.6 Å². The topological polar surface area (TPSA) is 103 Å². The van der Waals surface area contributed by atoms with Crippen molar-refractivity contribution in [2.75, 3.05) is 12.4 Å². The molecule has 0 aliphatic carbocycles. The van der Waals surface area contributed by atoms with E-state index >= 15 is 0 Å². The highest BCUT2D eigenvalue weighted by atomic mass is 32.2. The van der Waals surface area contributed by atoms with Crippen molar-refractivity contribution in [2.24, 2.45) is 10.9 Å². The zero-order valence-electron chi connectivity index (χ0n) is 16.7. The number of carbonyl (C=O) groups is 1. The summed E-state index contributed by atoms with van der Waals surface area (Å²) in [6.07, 6.45) is -0.0776. The van der Waals surface area contributed by atoms with E-state index < -0.39 is 28.0 Å². The molecule has 3 atom stereocenters. The lowest BCUT2D eigenvalue weighted by Gasteiger charge is -2.46. The van der Waals surface area contributed by atoms with Crippen LogP contribution in [0.15, 0.2) is 23.2 Å². The molecule has 8 nitrogen and oxygen atoms in total. The Labute approximate surface area is 172 Å². The van der Waals surface area contributed by atoms with Gasteiger partial charge < -0.3 is 9.47 Å². The normalized spacial score (nSPS) is 26.9. The van der Waals surface area contributed by atoms with Gasteiger partial charge in [-0.1, -0.05) is 11.8 Å². The van der Waals surface area contributed by atoms with Crippen LogP contribution >= 0.6 is 11.8 Å². The number of nitro groups is 1. The Balaban J connectivity index is 2.02. The average molecular weight is 425 g/mol. The number of nitrogens with one attached hydrogen (secondary N) is 1. The van der Waals surface area contributed by atoms with Gasteiger partial charge >= 0.3 is 6.09 Å². The second-order valence-electron chi connectivity index (χ2n) is 8.25. The fourth-order valence-electron chi connectivity index (χ4n) is 3.54. The second kappa shape index (κ2) is 7.91. The third kappa shape index (κ3) is 4.69. The number of nitro benzene ring substituents is 1. The maximum absolute atomic E-state index is 14.8. The summed E-state index contributed by atoms with van der Waals surface area (Å²) in [6.45, 7) is 7.23. The van der Waals surface area contributed by atoms with Gasteiger partial charge in [-0.15, -0.1) is 0 Å². The van der Waals surface area contributed by atoms with Crippen LogP contribution in [0.2, 0.25) is 0 Å². The summed E-state index contributed by atoms with van der Waals surface area (Å²) in [6, 6.07) is 3.42. The van der Waals surface area contributed by atoms with E-state index in [9.17, 15) is 19.3 Å². The van der Waals surface area contributed by atoms with Gasteiger partial charge in [-0.3, -0.25) is 15.4 Å². The number of non-ortho nitro benzene ring substituents is 1. The Hall–Kier alpha value is -2.20. The first kappa shape index (κ1) is 21.5. The quantitative estimate of drug-likeness (QED) is 0.568. The Morgan fingerprint density at radius 1 is 1.48 bits per heavy atom. The molecule has 1 fully saturated rings. The van der Waals surface area contributed by atoms with Crippen LogP contribution < -0.4 is 5.32 Å². The van der Waals surface area contributed by atoms with Crippen molar-refractivity contribution in [2.45, 2.75) is 51.4 Å². The predicted octanol–water partition coefficient (Wildman–Crippen LogP) is 3.98. The lowest BCUT2D eigenvalue weighted by Crippen LogP contribution is -2.51. The molecule has 2 heterocycles. The molecule has 1 aromatic carbocycles. The first-order chi connectivity index (χ1) is 13.5. The molecule has 1 saturated heterocycles. The van der Waals surface area contributed by atoms with Crippen molar-refractivity contribution in [3.63, 3.8) is 0 Å². The molecule has 0 aromatic heterocycles. The summed E-state index contributed by atoms with van der Waals surface area (Å²) in [7, 11) is 0. The van der Waals surface area contributed by atoms with Gasteiger partial charge in [0.1, 0.15) is 17.0 Å². The standard InChI is InChI=1S/C19H24FN3O5S/c1-11-7-12-9-29-16(21-17(24)28-18(2,3)4)22-19(12,10-27-11)14-8-13(23(25)26)5-6-15(14)20/h5-6,8,11-12H,7,9-10H2,1-4H3,(H,21,22,24)/t11-,12?,19?/m0/s1. The van der Waals surface area contributed by atoms with Crippen molar-refractivity contribution in [3.05, 3.63) is 39.7 Å². The summed E-state index contributed by atoms with van der Waals surface area (Å²) in [5.41, 5.74) is -1.95. The molecule has 2 unspecified atom stereocenters. The van der Waals surface area contributed by atoms with E-state index in [4.69, 9.17) is 9.47 Å². The number of alkyl carbamates (subject to hydrolysis) is 1. The molecule has 0 saturated carbocycles. The molecule has 2 aliphatic rings. The highest BCUT2D eigenvalue weighted by molar-refractivity contribution is 8.13. The number of thioether (sulfide) groups is 1. The summed E-state index contributed by atoms with van der Waals surface area (Å²) in [5.74, 6) is -0.132. The Morgan fingerprint density at radius 3 is 2.86 bits per heavy atom. The summed E-state index contributed by atoms with van der Waals surface area (Å²) in [5, 5.41) is 14.1. The average Bonchev–Trinajstić information content (AvgIpc) is 2.60. The number of carbonyl (C=O) groups excluding carboxylic acids is 1. The number of fused-ring (bicyclic) bond motifs is 1. The first-order valence-corrected chi connectivity index (χ1v) is 10.3. The minimum atomic E-state index is -1.15. The van der Waals surface area contributed by atoms with Gasteiger partial charge in [-0.25, -0.2) is 14.2 Å². The van der Waals surface area contributed by atoms with Crippen molar-refractivity contribution >= 4 is 28.7 Å². The number of hydrogen-bond donors (Lipinski definition) is 1. The molecule has 29 heavy (non-hydrogen) atoms. The Kier molecular flexibility index (Phi) is 5.86.